The maximum absolute atomic E-state index is 12.7. The first-order chi connectivity index (χ1) is 33.0. The number of carbonyl (C=O) groups is 2. The average molecular weight is 960 g/mol. The van der Waals surface area contributed by atoms with Crippen LogP contribution >= 0.6 is 7.82 Å². The van der Waals surface area contributed by atoms with Crippen LogP contribution in [0.3, 0.4) is 0 Å². The molecule has 0 saturated carbocycles. The Labute approximate surface area is 414 Å². The minimum atomic E-state index is -4.67. The summed E-state index contributed by atoms with van der Waals surface area (Å²) in [4.78, 5) is 37.7. The Morgan fingerprint density at radius 3 is 1.16 bits per heavy atom. The third-order valence-corrected chi connectivity index (χ3v) is 10.5. The van der Waals surface area contributed by atoms with Gasteiger partial charge in [-0.3, -0.25) is 14.2 Å². The fraction of sp³-hybridized carbons (Fsp3) is 0.517. The number of phosphoric acid groups is 1. The SMILES string of the molecule is CC/C=C\C/C=C\C/C=C\C/C=C\C/C=C\C/C=C\C/C=C\CCCC(=O)OC(COC(=O)CCCC/C=C\C/C=C\C/C=C\C/C=C\C/C=C\C/C=C\CC)COP(=O)([O-])OCC[N+](C)(C)C. The van der Waals surface area contributed by atoms with Crippen LogP contribution in [0.4, 0.5) is 0 Å². The summed E-state index contributed by atoms with van der Waals surface area (Å²) in [6.07, 6.45) is 71.4. The molecule has 10 heteroatoms. The predicted molar refractivity (Wildman–Crippen MR) is 286 cm³/mol. The molecule has 68 heavy (non-hydrogen) atoms. The Morgan fingerprint density at radius 1 is 0.456 bits per heavy atom. The van der Waals surface area contributed by atoms with Crippen molar-refractivity contribution < 1.29 is 42.1 Å². The largest absolute Gasteiger partial charge is 0.756 e. The van der Waals surface area contributed by atoms with Crippen molar-refractivity contribution in [3.8, 4) is 0 Å². The van der Waals surface area contributed by atoms with E-state index in [1.807, 2.05) is 27.2 Å². The van der Waals surface area contributed by atoms with E-state index in [2.05, 4.69) is 166 Å². The first-order valence-electron chi connectivity index (χ1n) is 25.2. The second-order valence-corrected chi connectivity index (χ2v) is 18.5. The van der Waals surface area contributed by atoms with Gasteiger partial charge in [0.1, 0.15) is 19.8 Å². The topological polar surface area (TPSA) is 111 Å². The van der Waals surface area contributed by atoms with Crippen molar-refractivity contribution in [2.45, 2.75) is 148 Å². The number of quaternary nitrogens is 1. The second-order valence-electron chi connectivity index (χ2n) is 17.1. The summed E-state index contributed by atoms with van der Waals surface area (Å²) >= 11 is 0. The maximum atomic E-state index is 12.7. The van der Waals surface area contributed by atoms with Gasteiger partial charge in [-0.15, -0.1) is 0 Å². The Kier molecular flexibility index (Phi) is 44.6. The van der Waals surface area contributed by atoms with Crippen LogP contribution in [0.2, 0.25) is 0 Å². The zero-order valence-electron chi connectivity index (χ0n) is 42.7. The van der Waals surface area contributed by atoms with Crippen molar-refractivity contribution in [3.63, 3.8) is 0 Å². The summed E-state index contributed by atoms with van der Waals surface area (Å²) in [5.74, 6) is -0.974. The van der Waals surface area contributed by atoms with Crippen LogP contribution in [-0.2, 0) is 32.7 Å². The lowest BCUT2D eigenvalue weighted by atomic mass is 10.2. The molecule has 0 rings (SSSR count). The third-order valence-electron chi connectivity index (χ3n) is 9.54. The molecule has 0 saturated heterocycles. The summed E-state index contributed by atoms with van der Waals surface area (Å²) < 4.78 is 33.9. The Hall–Kier alpha value is -4.37. The van der Waals surface area contributed by atoms with E-state index in [9.17, 15) is 19.0 Å². The molecule has 0 aromatic rings. The molecule has 0 aliphatic heterocycles. The van der Waals surface area contributed by atoms with Crippen molar-refractivity contribution in [1.29, 1.82) is 0 Å². The normalized spacial score (nSPS) is 14.7. The van der Waals surface area contributed by atoms with Crippen LogP contribution in [0.1, 0.15) is 142 Å². The number of nitrogens with zero attached hydrogens (tertiary/aromatic N) is 1. The molecule has 0 amide bonds. The Bertz CT molecular complexity index is 1700. The summed E-state index contributed by atoms with van der Waals surface area (Å²) in [6.45, 7) is 3.84. The van der Waals surface area contributed by atoms with Crippen molar-refractivity contribution in [1.82, 2.24) is 0 Å². The van der Waals surface area contributed by atoms with E-state index in [-0.39, 0.29) is 26.1 Å². The molecule has 380 valence electrons. The quantitative estimate of drug-likeness (QED) is 0.0195. The van der Waals surface area contributed by atoms with Crippen LogP contribution in [0, 0.1) is 0 Å². The monoisotopic (exact) mass is 960 g/mol. The van der Waals surface area contributed by atoms with E-state index in [0.717, 1.165) is 96.3 Å². The minimum Gasteiger partial charge on any atom is -0.756 e. The van der Waals surface area contributed by atoms with Crippen LogP contribution < -0.4 is 4.89 Å². The number of esters is 2. The second kappa shape index (κ2) is 47.7. The van der Waals surface area contributed by atoms with Crippen LogP contribution in [0.5, 0.6) is 0 Å². The van der Waals surface area contributed by atoms with Gasteiger partial charge in [-0.1, -0.05) is 172 Å². The average Bonchev–Trinajstić information content (AvgIpc) is 3.30. The number of rotatable bonds is 43. The lowest BCUT2D eigenvalue weighted by Gasteiger charge is -2.28. The number of allylic oxidation sites excluding steroid dienone is 26. The molecule has 2 atom stereocenters. The lowest BCUT2D eigenvalue weighted by molar-refractivity contribution is -0.870. The standard InChI is InChI=1S/C58H90NO8P/c1-6-8-10-12-14-16-18-20-22-24-26-28-29-31-33-35-37-39-41-43-45-47-49-51-58(61)67-56(55-66-68(62,63)65-53-52-59(3,4)5)54-64-57(60)50-48-46-44-42-40-38-36-34-32-30-27-25-23-21-19-17-15-13-11-9-7-2/h8-11,14-17,20-23,26-28,30-31,33-34,36-37,39-40,42-43,45,56H,6-7,12-13,18-19,24-25,29,32,35,38,41,44,46-55H2,1-5H3/b10-8-,11-9-,16-14-,17-15-,22-20-,23-21-,28-26-,30-27-,33-31-,36-34-,39-37-,42-40-,45-43-. The number of phosphoric ester groups is 1. The summed E-state index contributed by atoms with van der Waals surface area (Å²) in [5, 5.41) is 0. The van der Waals surface area contributed by atoms with E-state index in [1.165, 1.54) is 0 Å². The molecule has 0 aromatic heterocycles. The van der Waals surface area contributed by atoms with Crippen LogP contribution in [0.15, 0.2) is 158 Å². The van der Waals surface area contributed by atoms with E-state index >= 15 is 0 Å². The van der Waals surface area contributed by atoms with Crippen LogP contribution in [-0.4, -0.2) is 70.0 Å². The van der Waals surface area contributed by atoms with Gasteiger partial charge in [-0.2, -0.15) is 0 Å². The molecular weight excluding hydrogens is 870 g/mol. The van der Waals surface area contributed by atoms with Crippen LogP contribution in [0.25, 0.3) is 0 Å². The molecule has 0 aromatic carbocycles. The van der Waals surface area contributed by atoms with Gasteiger partial charge in [-0.25, -0.2) is 0 Å². The van der Waals surface area contributed by atoms with E-state index in [1.54, 1.807) is 0 Å². The van der Waals surface area contributed by atoms with Gasteiger partial charge < -0.3 is 27.9 Å². The molecule has 0 N–H and O–H groups in total. The van der Waals surface area contributed by atoms with Gasteiger partial charge in [0, 0.05) is 12.8 Å². The minimum absolute atomic E-state index is 0.0596. The fourth-order valence-corrected chi connectivity index (χ4v) is 6.43. The van der Waals surface area contributed by atoms with Gasteiger partial charge in [-0.05, 0) is 116 Å². The molecule has 9 nitrogen and oxygen atoms in total. The summed E-state index contributed by atoms with van der Waals surface area (Å²) in [6, 6.07) is 0. The van der Waals surface area contributed by atoms with Gasteiger partial charge in [0.2, 0.25) is 0 Å². The highest BCUT2D eigenvalue weighted by atomic mass is 31.2. The molecule has 2 unspecified atom stereocenters. The van der Waals surface area contributed by atoms with E-state index in [0.29, 0.717) is 30.3 Å². The number of unbranched alkanes of at least 4 members (excludes halogenated alkanes) is 3. The number of carbonyl (C=O) groups excluding carboxylic acids is 2. The highest BCUT2D eigenvalue weighted by molar-refractivity contribution is 7.45. The maximum Gasteiger partial charge on any atom is 0.306 e. The van der Waals surface area contributed by atoms with Crippen molar-refractivity contribution in [2.75, 3.05) is 47.5 Å². The molecule has 0 spiro atoms. The molecular formula is C58H90NO8P. The lowest BCUT2D eigenvalue weighted by Crippen LogP contribution is -2.37. The highest BCUT2D eigenvalue weighted by Gasteiger charge is 2.21. The number of hydrogen-bond acceptors (Lipinski definition) is 8. The first kappa shape index (κ1) is 63.6. The number of hydrogen-bond donors (Lipinski definition) is 0. The Balaban J connectivity index is 4.51. The number of likely N-dealkylation sites (N-methyl/N-ethyl adjacent to an activating group) is 1. The molecule has 0 fully saturated rings. The molecule has 0 aliphatic rings. The molecule has 0 bridgehead atoms. The smallest absolute Gasteiger partial charge is 0.306 e. The van der Waals surface area contributed by atoms with Crippen molar-refractivity contribution >= 4 is 19.8 Å². The summed E-state index contributed by atoms with van der Waals surface area (Å²) in [5.41, 5.74) is 0. The molecule has 0 aliphatic carbocycles. The first-order valence-corrected chi connectivity index (χ1v) is 26.7. The fourth-order valence-electron chi connectivity index (χ4n) is 5.70. The molecule has 0 radical (unpaired) electrons. The zero-order chi connectivity index (χ0) is 49.9. The summed E-state index contributed by atoms with van der Waals surface area (Å²) in [7, 11) is 1.07. The van der Waals surface area contributed by atoms with Crippen molar-refractivity contribution in [2.24, 2.45) is 0 Å². The van der Waals surface area contributed by atoms with E-state index in [4.69, 9.17) is 18.5 Å². The molecule has 0 heterocycles. The predicted octanol–water partition coefficient (Wildman–Crippen LogP) is 14.7. The highest BCUT2D eigenvalue weighted by Crippen LogP contribution is 2.38. The van der Waals surface area contributed by atoms with Gasteiger partial charge in [0.15, 0.2) is 6.10 Å². The zero-order valence-corrected chi connectivity index (χ0v) is 43.6. The number of ether oxygens (including phenoxy) is 2. The Morgan fingerprint density at radius 2 is 0.794 bits per heavy atom. The van der Waals surface area contributed by atoms with Gasteiger partial charge >= 0.3 is 11.9 Å². The van der Waals surface area contributed by atoms with Crippen molar-refractivity contribution in [3.05, 3.63) is 158 Å². The van der Waals surface area contributed by atoms with Gasteiger partial charge in [0.25, 0.3) is 7.82 Å². The van der Waals surface area contributed by atoms with Gasteiger partial charge in [0.05, 0.1) is 27.7 Å². The third kappa shape index (κ3) is 51.0. The van der Waals surface area contributed by atoms with E-state index < -0.39 is 32.5 Å².